The number of benzene rings is 1. The Bertz CT molecular complexity index is 1910. The maximum Gasteiger partial charge on any atom is 0.263 e. The van der Waals surface area contributed by atoms with Crippen LogP contribution < -0.4 is 16.9 Å². The van der Waals surface area contributed by atoms with Gasteiger partial charge in [-0.05, 0) is 42.3 Å². The van der Waals surface area contributed by atoms with Gasteiger partial charge in [-0.1, -0.05) is 30.3 Å². The van der Waals surface area contributed by atoms with Gasteiger partial charge in [-0.25, -0.2) is 19.0 Å². The molecule has 0 fully saturated rings. The number of pyridine rings is 3. The summed E-state index contributed by atoms with van der Waals surface area (Å²) in [6, 6.07) is 16.5. The van der Waals surface area contributed by atoms with Crippen molar-refractivity contribution in [3.8, 4) is 22.4 Å². The standard InChI is InChI=1S/C27H20FN7O2/c1-15(35-26-23(25(29)31-14-32-26)24(33-35)17-7-10-21(36)30-12-17)20-11-19-9-8-18(28)13-34(19)27(37)22(20)16-5-3-2-4-6-16/h2-15H,1H3,(H,30,36)(H2,29,31,32). The lowest BCUT2D eigenvalue weighted by Gasteiger charge is -2.19. The van der Waals surface area contributed by atoms with Gasteiger partial charge in [-0.2, -0.15) is 5.10 Å². The molecule has 1 aromatic carbocycles. The first kappa shape index (κ1) is 22.4. The Kier molecular flexibility index (Phi) is 5.15. The molecule has 5 aromatic heterocycles. The van der Waals surface area contributed by atoms with Gasteiger partial charge >= 0.3 is 0 Å². The number of H-pyrrole nitrogens is 1. The van der Waals surface area contributed by atoms with Gasteiger partial charge in [0.25, 0.3) is 5.56 Å². The molecular formula is C27H20FN7O2. The van der Waals surface area contributed by atoms with Gasteiger partial charge in [-0.3, -0.25) is 14.0 Å². The summed E-state index contributed by atoms with van der Waals surface area (Å²) in [5, 5.41) is 5.36. The molecule has 10 heteroatoms. The number of nitrogen functional groups attached to an aromatic ring is 1. The highest BCUT2D eigenvalue weighted by Gasteiger charge is 2.25. The lowest BCUT2D eigenvalue weighted by Crippen LogP contribution is -2.21. The zero-order chi connectivity index (χ0) is 25.7. The maximum atomic E-state index is 14.1. The number of halogens is 1. The number of fused-ring (bicyclic) bond motifs is 2. The number of aromatic amines is 1. The summed E-state index contributed by atoms with van der Waals surface area (Å²) in [5.41, 5.74) is 9.59. The molecule has 6 rings (SSSR count). The van der Waals surface area contributed by atoms with Crippen molar-refractivity contribution in [2.75, 3.05) is 5.73 Å². The van der Waals surface area contributed by atoms with Gasteiger partial charge in [0.1, 0.15) is 23.7 Å². The normalized spacial score (nSPS) is 12.3. The van der Waals surface area contributed by atoms with E-state index < -0.39 is 11.9 Å². The highest BCUT2D eigenvalue weighted by atomic mass is 19.1. The highest BCUT2D eigenvalue weighted by Crippen LogP contribution is 2.35. The number of nitrogens with one attached hydrogen (secondary N) is 1. The van der Waals surface area contributed by atoms with Gasteiger partial charge in [0.05, 0.1) is 17.0 Å². The molecule has 6 aromatic rings. The third-order valence-electron chi connectivity index (χ3n) is 6.42. The van der Waals surface area contributed by atoms with Crippen LogP contribution in [0.4, 0.5) is 10.2 Å². The molecule has 0 radical (unpaired) electrons. The van der Waals surface area contributed by atoms with E-state index in [1.165, 1.54) is 29.1 Å². The lowest BCUT2D eigenvalue weighted by molar-refractivity contribution is 0.580. The lowest BCUT2D eigenvalue weighted by atomic mass is 9.96. The number of anilines is 1. The predicted molar refractivity (Wildman–Crippen MR) is 139 cm³/mol. The van der Waals surface area contributed by atoms with Crippen LogP contribution in [0.1, 0.15) is 18.5 Å². The molecule has 0 amide bonds. The fourth-order valence-corrected chi connectivity index (χ4v) is 4.64. The minimum absolute atomic E-state index is 0.238. The van der Waals surface area contributed by atoms with Gasteiger partial charge in [0.2, 0.25) is 5.56 Å². The van der Waals surface area contributed by atoms with Crippen LogP contribution in [0.15, 0.2) is 89.0 Å². The Morgan fingerprint density at radius 2 is 1.81 bits per heavy atom. The van der Waals surface area contributed by atoms with E-state index >= 15 is 0 Å². The number of rotatable bonds is 4. The van der Waals surface area contributed by atoms with Crippen LogP contribution in [0.3, 0.4) is 0 Å². The first-order valence-corrected chi connectivity index (χ1v) is 11.5. The molecule has 5 heterocycles. The molecular weight excluding hydrogens is 473 g/mol. The zero-order valence-corrected chi connectivity index (χ0v) is 19.6. The second kappa shape index (κ2) is 8.52. The van der Waals surface area contributed by atoms with E-state index in [-0.39, 0.29) is 16.9 Å². The SMILES string of the molecule is CC(c1cc2ccc(F)cn2c(=O)c1-c1ccccc1)n1nc(-c2ccc(=O)[nH]c2)c2c(N)ncnc21. The van der Waals surface area contributed by atoms with Gasteiger partial charge < -0.3 is 10.7 Å². The topological polar surface area (TPSA) is 124 Å². The van der Waals surface area contributed by atoms with Crippen molar-refractivity contribution < 1.29 is 4.39 Å². The summed E-state index contributed by atoms with van der Waals surface area (Å²) >= 11 is 0. The summed E-state index contributed by atoms with van der Waals surface area (Å²) in [6.07, 6.45) is 4.09. The van der Waals surface area contributed by atoms with Crippen molar-refractivity contribution in [2.24, 2.45) is 0 Å². The van der Waals surface area contributed by atoms with Crippen molar-refractivity contribution in [3.05, 3.63) is 111 Å². The van der Waals surface area contributed by atoms with E-state index in [9.17, 15) is 14.0 Å². The molecule has 1 unspecified atom stereocenters. The average Bonchev–Trinajstić information content (AvgIpc) is 3.30. The molecule has 9 nitrogen and oxygen atoms in total. The summed E-state index contributed by atoms with van der Waals surface area (Å²) < 4.78 is 17.1. The highest BCUT2D eigenvalue weighted by molar-refractivity contribution is 5.98. The number of aromatic nitrogens is 6. The van der Waals surface area contributed by atoms with E-state index in [0.29, 0.717) is 44.5 Å². The first-order valence-electron chi connectivity index (χ1n) is 11.5. The molecule has 0 spiro atoms. The summed E-state index contributed by atoms with van der Waals surface area (Å²) in [7, 11) is 0. The third kappa shape index (κ3) is 3.66. The molecule has 1 atom stereocenters. The number of hydrogen-bond donors (Lipinski definition) is 2. The molecule has 0 aliphatic rings. The second-order valence-corrected chi connectivity index (χ2v) is 8.66. The second-order valence-electron chi connectivity index (χ2n) is 8.66. The summed E-state index contributed by atoms with van der Waals surface area (Å²) in [5.74, 6) is -0.271. The predicted octanol–water partition coefficient (Wildman–Crippen LogP) is 3.79. The monoisotopic (exact) mass is 493 g/mol. The zero-order valence-electron chi connectivity index (χ0n) is 19.6. The summed E-state index contributed by atoms with van der Waals surface area (Å²) in [4.78, 5) is 36.6. The average molecular weight is 494 g/mol. The Labute approximate surface area is 208 Å². The molecule has 182 valence electrons. The molecule has 0 aliphatic heterocycles. The van der Waals surface area contributed by atoms with E-state index in [4.69, 9.17) is 10.8 Å². The number of nitrogens with zero attached hydrogens (tertiary/aromatic N) is 5. The fourth-order valence-electron chi connectivity index (χ4n) is 4.64. The van der Waals surface area contributed by atoms with E-state index in [1.54, 1.807) is 23.0 Å². The third-order valence-corrected chi connectivity index (χ3v) is 6.42. The van der Waals surface area contributed by atoms with Crippen LogP contribution in [0.5, 0.6) is 0 Å². The quantitative estimate of drug-likeness (QED) is 0.385. The Balaban J connectivity index is 1.65. The Morgan fingerprint density at radius 1 is 1.00 bits per heavy atom. The maximum absolute atomic E-state index is 14.1. The van der Waals surface area contributed by atoms with Crippen molar-refractivity contribution in [3.63, 3.8) is 0 Å². The fraction of sp³-hybridized carbons (Fsp3) is 0.0741. The molecule has 0 bridgehead atoms. The van der Waals surface area contributed by atoms with Gasteiger partial charge in [0.15, 0.2) is 5.65 Å². The minimum Gasteiger partial charge on any atom is -0.383 e. The Morgan fingerprint density at radius 3 is 2.57 bits per heavy atom. The number of hydrogen-bond acceptors (Lipinski definition) is 6. The first-order chi connectivity index (χ1) is 17.9. The van der Waals surface area contributed by atoms with E-state index in [1.807, 2.05) is 43.3 Å². The minimum atomic E-state index is -0.509. The van der Waals surface area contributed by atoms with Crippen LogP contribution in [-0.4, -0.2) is 29.1 Å². The van der Waals surface area contributed by atoms with Gasteiger partial charge in [-0.15, -0.1) is 0 Å². The van der Waals surface area contributed by atoms with E-state index in [2.05, 4.69) is 15.0 Å². The largest absolute Gasteiger partial charge is 0.383 e. The van der Waals surface area contributed by atoms with E-state index in [0.717, 1.165) is 0 Å². The van der Waals surface area contributed by atoms with Crippen molar-refractivity contribution >= 4 is 22.4 Å². The Hall–Kier alpha value is -5.12. The van der Waals surface area contributed by atoms with Crippen molar-refractivity contribution in [2.45, 2.75) is 13.0 Å². The number of nitrogens with two attached hydrogens (primary N) is 1. The van der Waals surface area contributed by atoms with Crippen LogP contribution in [0.25, 0.3) is 38.9 Å². The van der Waals surface area contributed by atoms with Crippen molar-refractivity contribution in [1.82, 2.24) is 29.1 Å². The molecule has 0 saturated heterocycles. The summed E-state index contributed by atoms with van der Waals surface area (Å²) in [6.45, 7) is 1.91. The smallest absolute Gasteiger partial charge is 0.263 e. The molecule has 0 aliphatic carbocycles. The van der Waals surface area contributed by atoms with Crippen LogP contribution in [0.2, 0.25) is 0 Å². The van der Waals surface area contributed by atoms with Crippen LogP contribution >= 0.6 is 0 Å². The van der Waals surface area contributed by atoms with Gasteiger partial charge in [0, 0.05) is 29.5 Å². The van der Waals surface area contributed by atoms with Crippen LogP contribution in [-0.2, 0) is 0 Å². The molecule has 37 heavy (non-hydrogen) atoms. The van der Waals surface area contributed by atoms with Crippen molar-refractivity contribution in [1.29, 1.82) is 0 Å². The molecule has 0 saturated carbocycles. The molecule has 3 N–H and O–H groups in total. The van der Waals surface area contributed by atoms with Crippen LogP contribution in [0, 0.1) is 5.82 Å².